The Morgan fingerprint density at radius 2 is 1.94 bits per heavy atom. The Morgan fingerprint density at radius 3 is 2.64 bits per heavy atom. The molecule has 0 spiro atoms. The van der Waals surface area contributed by atoms with Crippen molar-refractivity contribution in [1.29, 1.82) is 0 Å². The van der Waals surface area contributed by atoms with Crippen molar-refractivity contribution in [2.24, 2.45) is 12.8 Å². The van der Waals surface area contributed by atoms with E-state index in [0.717, 1.165) is 11.1 Å². The summed E-state index contributed by atoms with van der Waals surface area (Å²) in [5.74, 6) is 0.445. The Hall–Kier alpha value is -3.59. The number of amides is 2. The number of benzene rings is 2. The maximum Gasteiger partial charge on any atom is 0.279 e. The van der Waals surface area contributed by atoms with Crippen LogP contribution in [0.1, 0.15) is 34.6 Å². The first-order valence-corrected chi connectivity index (χ1v) is 11.4. The highest BCUT2D eigenvalue weighted by Crippen LogP contribution is 2.36. The second kappa shape index (κ2) is 9.50. The van der Waals surface area contributed by atoms with Gasteiger partial charge in [0.05, 0.1) is 5.56 Å². The van der Waals surface area contributed by atoms with Crippen LogP contribution >= 0.6 is 11.8 Å². The lowest BCUT2D eigenvalue weighted by molar-refractivity contribution is -0.120. The van der Waals surface area contributed by atoms with Crippen LogP contribution < -0.4 is 21.3 Å². The number of carbonyl (C=O) groups excluding carboxylic acids is 2. The van der Waals surface area contributed by atoms with Crippen LogP contribution in [-0.2, 0) is 22.4 Å². The number of aryl methyl sites for hydroxylation is 1. The summed E-state index contributed by atoms with van der Waals surface area (Å²) >= 11 is 1.46. The van der Waals surface area contributed by atoms with Crippen LogP contribution in [0.4, 0.5) is 5.82 Å². The van der Waals surface area contributed by atoms with E-state index in [9.17, 15) is 14.4 Å². The topological polar surface area (TPSA) is 116 Å². The van der Waals surface area contributed by atoms with Crippen molar-refractivity contribution in [2.75, 3.05) is 11.9 Å². The molecule has 0 radical (unpaired) electrons. The summed E-state index contributed by atoms with van der Waals surface area (Å²) in [7, 11) is 1.80. The first kappa shape index (κ1) is 22.6. The quantitative estimate of drug-likeness (QED) is 0.410. The molecule has 0 unspecified atom stereocenters. The second-order valence-electron chi connectivity index (χ2n) is 7.86. The lowest BCUT2D eigenvalue weighted by Gasteiger charge is -2.27. The Balaban J connectivity index is 1.64. The van der Waals surface area contributed by atoms with Crippen molar-refractivity contribution in [2.45, 2.75) is 30.2 Å². The van der Waals surface area contributed by atoms with Gasteiger partial charge in [-0.2, -0.15) is 4.98 Å². The number of carbonyl (C=O) groups is 2. The highest BCUT2D eigenvalue weighted by molar-refractivity contribution is 7.98. The number of fused-ring (bicyclic) bond motifs is 1. The smallest absolute Gasteiger partial charge is 0.279 e. The predicted molar refractivity (Wildman–Crippen MR) is 126 cm³/mol. The summed E-state index contributed by atoms with van der Waals surface area (Å²) in [6.07, 6.45) is 0.140. The lowest BCUT2D eigenvalue weighted by Crippen LogP contribution is -2.33. The summed E-state index contributed by atoms with van der Waals surface area (Å²) in [5, 5.41) is 3.40. The zero-order valence-corrected chi connectivity index (χ0v) is 19.1. The number of nitrogens with zero attached hydrogens (tertiary/aromatic N) is 2. The Labute approximate surface area is 195 Å². The fourth-order valence-corrected chi connectivity index (χ4v) is 4.86. The summed E-state index contributed by atoms with van der Waals surface area (Å²) in [5.41, 5.74) is 8.34. The van der Waals surface area contributed by atoms with Crippen LogP contribution in [-0.4, -0.2) is 28.0 Å². The van der Waals surface area contributed by atoms with Gasteiger partial charge in [-0.25, -0.2) is 0 Å². The van der Waals surface area contributed by atoms with Crippen LogP contribution in [0.2, 0.25) is 0 Å². The third kappa shape index (κ3) is 4.93. The Kier molecular flexibility index (Phi) is 6.50. The summed E-state index contributed by atoms with van der Waals surface area (Å²) in [6.45, 7) is 1.83. The minimum absolute atomic E-state index is 0.140. The molecule has 33 heavy (non-hydrogen) atoms. The average Bonchev–Trinajstić information content (AvgIpc) is 2.79. The van der Waals surface area contributed by atoms with Gasteiger partial charge in [-0.05, 0) is 35.7 Å². The van der Waals surface area contributed by atoms with E-state index in [1.165, 1.54) is 17.3 Å². The number of nitrogens with two attached hydrogens (primary N) is 1. The lowest BCUT2D eigenvalue weighted by atomic mass is 9.87. The summed E-state index contributed by atoms with van der Waals surface area (Å²) in [4.78, 5) is 40.9. The molecule has 3 aromatic rings. The SMILES string of the molecule is Cc1ccccc1CSc1nc(=O)c2c(n1C)NC(=O)C[C@H]2c1ccc(OCC(N)=O)cc1. The van der Waals surface area contributed by atoms with Crippen molar-refractivity contribution in [3.8, 4) is 5.75 Å². The van der Waals surface area contributed by atoms with Gasteiger partial charge < -0.3 is 20.4 Å². The number of nitrogens with one attached hydrogen (secondary N) is 1. The zero-order chi connectivity index (χ0) is 23.5. The van der Waals surface area contributed by atoms with E-state index in [2.05, 4.69) is 10.3 Å². The van der Waals surface area contributed by atoms with Crippen LogP contribution in [0.3, 0.4) is 0 Å². The van der Waals surface area contributed by atoms with Gasteiger partial charge in [-0.1, -0.05) is 48.2 Å². The van der Waals surface area contributed by atoms with Gasteiger partial charge in [0, 0.05) is 25.1 Å². The number of aromatic nitrogens is 2. The molecule has 2 amide bonds. The van der Waals surface area contributed by atoms with Crippen LogP contribution in [0, 0.1) is 6.92 Å². The van der Waals surface area contributed by atoms with Crippen molar-refractivity contribution in [1.82, 2.24) is 9.55 Å². The number of hydrogen-bond donors (Lipinski definition) is 2. The summed E-state index contributed by atoms with van der Waals surface area (Å²) in [6, 6.07) is 15.0. The average molecular weight is 465 g/mol. The molecule has 3 N–H and O–H groups in total. The van der Waals surface area contributed by atoms with Gasteiger partial charge in [0.2, 0.25) is 5.91 Å². The third-order valence-corrected chi connectivity index (χ3v) is 6.66. The fourth-order valence-electron chi connectivity index (χ4n) is 3.81. The first-order valence-electron chi connectivity index (χ1n) is 10.4. The van der Waals surface area contributed by atoms with E-state index >= 15 is 0 Å². The second-order valence-corrected chi connectivity index (χ2v) is 8.81. The highest BCUT2D eigenvalue weighted by atomic mass is 32.2. The molecule has 1 aliphatic rings. The molecule has 2 heterocycles. The maximum absolute atomic E-state index is 13.1. The molecule has 0 saturated heterocycles. The van der Waals surface area contributed by atoms with Gasteiger partial charge in [0.25, 0.3) is 11.5 Å². The molecule has 1 aliphatic heterocycles. The maximum atomic E-state index is 13.1. The van der Waals surface area contributed by atoms with Crippen molar-refractivity contribution in [3.63, 3.8) is 0 Å². The molecule has 0 saturated carbocycles. The Morgan fingerprint density at radius 1 is 1.21 bits per heavy atom. The molecule has 0 bridgehead atoms. The predicted octanol–water partition coefficient (Wildman–Crippen LogP) is 2.72. The van der Waals surface area contributed by atoms with Crippen LogP contribution in [0.15, 0.2) is 58.5 Å². The van der Waals surface area contributed by atoms with Crippen molar-refractivity contribution in [3.05, 3.63) is 81.1 Å². The van der Waals surface area contributed by atoms with Gasteiger partial charge in [0.1, 0.15) is 11.6 Å². The molecular formula is C24H24N4O4S. The molecule has 1 aromatic heterocycles. The van der Waals surface area contributed by atoms with E-state index in [1.54, 1.807) is 35.9 Å². The summed E-state index contributed by atoms with van der Waals surface area (Å²) < 4.78 is 7.07. The molecular weight excluding hydrogens is 440 g/mol. The Bertz CT molecular complexity index is 1270. The van der Waals surface area contributed by atoms with E-state index in [4.69, 9.17) is 10.5 Å². The van der Waals surface area contributed by atoms with E-state index in [1.807, 2.05) is 31.2 Å². The van der Waals surface area contributed by atoms with Crippen molar-refractivity contribution >= 4 is 29.4 Å². The van der Waals surface area contributed by atoms with Gasteiger partial charge in [-0.15, -0.1) is 0 Å². The number of rotatable bonds is 7. The van der Waals surface area contributed by atoms with Crippen LogP contribution in [0.5, 0.6) is 5.75 Å². The molecule has 0 fully saturated rings. The van der Waals surface area contributed by atoms with Crippen LogP contribution in [0.25, 0.3) is 0 Å². The van der Waals surface area contributed by atoms with Gasteiger partial charge in [0.15, 0.2) is 11.8 Å². The number of thioether (sulfide) groups is 1. The highest BCUT2D eigenvalue weighted by Gasteiger charge is 2.32. The first-order chi connectivity index (χ1) is 15.8. The number of primary amides is 1. The molecule has 0 aliphatic carbocycles. The molecule has 2 aromatic carbocycles. The van der Waals surface area contributed by atoms with E-state index in [-0.39, 0.29) is 24.5 Å². The molecule has 4 rings (SSSR count). The fraction of sp³-hybridized carbons (Fsp3) is 0.250. The van der Waals surface area contributed by atoms with Gasteiger partial charge >= 0.3 is 0 Å². The molecule has 8 nitrogen and oxygen atoms in total. The van der Waals surface area contributed by atoms with E-state index < -0.39 is 11.8 Å². The molecule has 9 heteroatoms. The molecule has 170 valence electrons. The number of hydrogen-bond acceptors (Lipinski definition) is 6. The zero-order valence-electron chi connectivity index (χ0n) is 18.3. The monoisotopic (exact) mass is 464 g/mol. The van der Waals surface area contributed by atoms with E-state index in [0.29, 0.717) is 28.0 Å². The minimum atomic E-state index is -0.567. The van der Waals surface area contributed by atoms with Gasteiger partial charge in [-0.3, -0.25) is 14.4 Å². The number of ether oxygens (including phenoxy) is 1. The third-order valence-electron chi connectivity index (χ3n) is 5.58. The van der Waals surface area contributed by atoms with Crippen molar-refractivity contribution < 1.29 is 14.3 Å². The minimum Gasteiger partial charge on any atom is -0.484 e. The molecule has 1 atom stereocenters. The standard InChI is InChI=1S/C24H24N4O4S/c1-14-5-3-4-6-16(14)13-33-24-27-23(31)21-18(11-20(30)26-22(21)28(24)2)15-7-9-17(10-8-15)32-12-19(25)29/h3-10,18H,11-13H2,1-2H3,(H2,25,29)(H,26,30)/t18-/m0/s1. The normalized spacial score (nSPS) is 15.0. The number of anilines is 1. The largest absolute Gasteiger partial charge is 0.484 e.